The molecule has 1 aromatic rings. The molecule has 2 N–H and O–H groups in total. The molecule has 1 saturated heterocycles. The Labute approximate surface area is 176 Å². The molecule has 164 valence electrons. The van der Waals surface area contributed by atoms with Gasteiger partial charge in [-0.3, -0.25) is 0 Å². The Hall–Kier alpha value is -1.95. The Bertz CT molecular complexity index is 655. The molecule has 1 heterocycles. The van der Waals surface area contributed by atoms with E-state index in [2.05, 4.69) is 38.3 Å². The SMILES string of the molecule is CCNC(=NCc1ccc(OCC)c(OC)c1)NCC1CCCOC1C(C)(C)C. The van der Waals surface area contributed by atoms with Crippen LogP contribution < -0.4 is 20.1 Å². The standard InChI is InChI=1S/C23H39N3O3/c1-7-24-22(26-16-18-10-9-13-29-21(18)23(3,4)5)25-15-17-11-12-19(28-8-2)20(14-17)27-6/h11-12,14,18,21H,7-10,13,15-16H2,1-6H3,(H2,24,25,26). The fraction of sp³-hybridized carbons (Fsp3) is 0.696. The van der Waals surface area contributed by atoms with Crippen molar-refractivity contribution >= 4 is 5.96 Å². The van der Waals surface area contributed by atoms with Crippen LogP contribution in [-0.2, 0) is 11.3 Å². The zero-order chi connectivity index (χ0) is 21.3. The number of guanidine groups is 1. The first kappa shape index (κ1) is 23.3. The van der Waals surface area contributed by atoms with E-state index in [1.807, 2.05) is 25.1 Å². The third kappa shape index (κ3) is 7.11. The average molecular weight is 406 g/mol. The van der Waals surface area contributed by atoms with Crippen molar-refractivity contribution in [3.8, 4) is 11.5 Å². The van der Waals surface area contributed by atoms with E-state index >= 15 is 0 Å². The van der Waals surface area contributed by atoms with Crippen LogP contribution in [0.1, 0.15) is 53.0 Å². The van der Waals surface area contributed by atoms with E-state index in [-0.39, 0.29) is 11.5 Å². The van der Waals surface area contributed by atoms with Crippen molar-refractivity contribution in [1.82, 2.24) is 10.6 Å². The zero-order valence-electron chi connectivity index (χ0n) is 19.0. The summed E-state index contributed by atoms with van der Waals surface area (Å²) in [6, 6.07) is 5.97. The molecule has 6 heteroatoms. The van der Waals surface area contributed by atoms with Gasteiger partial charge in [0.15, 0.2) is 17.5 Å². The van der Waals surface area contributed by atoms with Crippen LogP contribution in [0, 0.1) is 11.3 Å². The Kier molecular flexibility index (Phi) is 9.08. The van der Waals surface area contributed by atoms with Gasteiger partial charge in [0.05, 0.1) is 26.4 Å². The monoisotopic (exact) mass is 405 g/mol. The number of nitrogens with one attached hydrogen (secondary N) is 2. The van der Waals surface area contributed by atoms with E-state index in [0.29, 0.717) is 19.1 Å². The normalized spacial score (nSPS) is 20.3. The molecule has 0 aromatic heterocycles. The van der Waals surface area contributed by atoms with Gasteiger partial charge in [0.1, 0.15) is 0 Å². The molecular formula is C23H39N3O3. The molecule has 0 amide bonds. The predicted molar refractivity (Wildman–Crippen MR) is 119 cm³/mol. The summed E-state index contributed by atoms with van der Waals surface area (Å²) in [6.45, 7) is 14.6. The number of methoxy groups -OCH3 is 1. The van der Waals surface area contributed by atoms with Crippen LogP contribution in [-0.4, -0.2) is 45.5 Å². The van der Waals surface area contributed by atoms with Crippen molar-refractivity contribution in [2.24, 2.45) is 16.3 Å². The fourth-order valence-corrected chi connectivity index (χ4v) is 3.83. The van der Waals surface area contributed by atoms with Gasteiger partial charge in [-0.05, 0) is 49.8 Å². The summed E-state index contributed by atoms with van der Waals surface area (Å²) in [7, 11) is 1.66. The van der Waals surface area contributed by atoms with Gasteiger partial charge in [-0.15, -0.1) is 0 Å². The second-order valence-corrected chi connectivity index (χ2v) is 8.55. The first-order chi connectivity index (χ1) is 13.9. The molecule has 0 aliphatic carbocycles. The first-order valence-corrected chi connectivity index (χ1v) is 10.8. The summed E-state index contributed by atoms with van der Waals surface area (Å²) in [4.78, 5) is 4.76. The summed E-state index contributed by atoms with van der Waals surface area (Å²) in [5.74, 6) is 2.82. The van der Waals surface area contributed by atoms with E-state index in [4.69, 9.17) is 19.2 Å². The van der Waals surface area contributed by atoms with Crippen molar-refractivity contribution in [3.05, 3.63) is 23.8 Å². The molecule has 0 saturated carbocycles. The Morgan fingerprint density at radius 2 is 2.00 bits per heavy atom. The van der Waals surface area contributed by atoms with Gasteiger partial charge in [0, 0.05) is 25.6 Å². The summed E-state index contributed by atoms with van der Waals surface area (Å²) >= 11 is 0. The largest absolute Gasteiger partial charge is 0.493 e. The molecular weight excluding hydrogens is 366 g/mol. The highest BCUT2D eigenvalue weighted by molar-refractivity contribution is 5.79. The molecule has 6 nitrogen and oxygen atoms in total. The van der Waals surface area contributed by atoms with Crippen molar-refractivity contribution in [3.63, 3.8) is 0 Å². The van der Waals surface area contributed by atoms with Crippen molar-refractivity contribution in [2.75, 3.05) is 33.4 Å². The highest BCUT2D eigenvalue weighted by Gasteiger charge is 2.35. The zero-order valence-corrected chi connectivity index (χ0v) is 19.0. The lowest BCUT2D eigenvalue weighted by molar-refractivity contribution is -0.0835. The van der Waals surface area contributed by atoms with Gasteiger partial charge < -0.3 is 24.8 Å². The van der Waals surface area contributed by atoms with Crippen LogP contribution in [0.25, 0.3) is 0 Å². The minimum atomic E-state index is 0.140. The molecule has 1 fully saturated rings. The summed E-state index contributed by atoms with van der Waals surface area (Å²) < 4.78 is 17.1. The summed E-state index contributed by atoms with van der Waals surface area (Å²) in [5.41, 5.74) is 1.22. The fourth-order valence-electron chi connectivity index (χ4n) is 3.83. The Morgan fingerprint density at radius 3 is 2.66 bits per heavy atom. The minimum Gasteiger partial charge on any atom is -0.493 e. The van der Waals surface area contributed by atoms with Gasteiger partial charge in [-0.2, -0.15) is 0 Å². The lowest BCUT2D eigenvalue weighted by atomic mass is 9.78. The predicted octanol–water partition coefficient (Wildman–Crippen LogP) is 3.99. The number of rotatable bonds is 8. The molecule has 1 aromatic carbocycles. The summed E-state index contributed by atoms with van der Waals surface area (Å²) in [6.07, 6.45) is 2.57. The highest BCUT2D eigenvalue weighted by atomic mass is 16.5. The lowest BCUT2D eigenvalue weighted by Gasteiger charge is -2.40. The molecule has 0 spiro atoms. The number of ether oxygens (including phenoxy) is 3. The number of aliphatic imine (C=N–C) groups is 1. The van der Waals surface area contributed by atoms with Gasteiger partial charge in [0.25, 0.3) is 0 Å². The molecule has 1 aliphatic heterocycles. The third-order valence-corrected chi connectivity index (χ3v) is 5.12. The van der Waals surface area contributed by atoms with Crippen LogP contribution in [0.2, 0.25) is 0 Å². The maximum Gasteiger partial charge on any atom is 0.191 e. The first-order valence-electron chi connectivity index (χ1n) is 10.8. The molecule has 2 unspecified atom stereocenters. The van der Waals surface area contributed by atoms with Crippen LogP contribution >= 0.6 is 0 Å². The Balaban J connectivity index is 2.02. The van der Waals surface area contributed by atoms with Crippen LogP contribution in [0.4, 0.5) is 0 Å². The summed E-state index contributed by atoms with van der Waals surface area (Å²) in [5, 5.41) is 6.87. The maximum atomic E-state index is 6.11. The topological polar surface area (TPSA) is 64.1 Å². The highest BCUT2D eigenvalue weighted by Crippen LogP contribution is 2.33. The van der Waals surface area contributed by atoms with E-state index in [1.165, 1.54) is 6.42 Å². The van der Waals surface area contributed by atoms with Gasteiger partial charge in [0.2, 0.25) is 0 Å². The molecule has 29 heavy (non-hydrogen) atoms. The molecule has 2 atom stereocenters. The van der Waals surface area contributed by atoms with E-state index in [0.717, 1.165) is 49.1 Å². The molecule has 0 radical (unpaired) electrons. The number of benzene rings is 1. The van der Waals surface area contributed by atoms with Gasteiger partial charge in [-0.1, -0.05) is 26.8 Å². The second kappa shape index (κ2) is 11.3. The second-order valence-electron chi connectivity index (χ2n) is 8.55. The Morgan fingerprint density at radius 1 is 1.21 bits per heavy atom. The third-order valence-electron chi connectivity index (χ3n) is 5.12. The van der Waals surface area contributed by atoms with Gasteiger partial charge >= 0.3 is 0 Å². The van der Waals surface area contributed by atoms with Crippen LogP contribution in [0.3, 0.4) is 0 Å². The van der Waals surface area contributed by atoms with Gasteiger partial charge in [-0.25, -0.2) is 4.99 Å². The number of nitrogens with zero attached hydrogens (tertiary/aromatic N) is 1. The van der Waals surface area contributed by atoms with E-state index in [1.54, 1.807) is 7.11 Å². The van der Waals surface area contributed by atoms with Crippen LogP contribution in [0.5, 0.6) is 11.5 Å². The quantitative estimate of drug-likeness (QED) is 0.506. The number of hydrogen-bond donors (Lipinski definition) is 2. The average Bonchev–Trinajstić information content (AvgIpc) is 2.70. The molecule has 0 bridgehead atoms. The van der Waals surface area contributed by atoms with Crippen molar-refractivity contribution < 1.29 is 14.2 Å². The van der Waals surface area contributed by atoms with Crippen LogP contribution in [0.15, 0.2) is 23.2 Å². The smallest absolute Gasteiger partial charge is 0.191 e. The maximum absolute atomic E-state index is 6.11. The minimum absolute atomic E-state index is 0.140. The number of hydrogen-bond acceptors (Lipinski definition) is 4. The van der Waals surface area contributed by atoms with E-state index < -0.39 is 0 Å². The molecule has 1 aliphatic rings. The van der Waals surface area contributed by atoms with Crippen molar-refractivity contribution in [2.45, 2.75) is 60.1 Å². The van der Waals surface area contributed by atoms with E-state index in [9.17, 15) is 0 Å². The lowest BCUT2D eigenvalue weighted by Crippen LogP contribution is -2.47. The molecule has 2 rings (SSSR count). The van der Waals surface area contributed by atoms with Crippen molar-refractivity contribution in [1.29, 1.82) is 0 Å².